The van der Waals surface area contributed by atoms with Crippen LogP contribution in [-0.2, 0) is 11.4 Å². The van der Waals surface area contributed by atoms with E-state index in [0.717, 1.165) is 24.8 Å². The Morgan fingerprint density at radius 2 is 1.82 bits per heavy atom. The molecular weight excluding hydrogens is 412 g/mol. The molecule has 1 N–H and O–H groups in total. The molecule has 0 unspecified atom stereocenters. The average Bonchev–Trinajstić information content (AvgIpc) is 2.78. The summed E-state index contributed by atoms with van der Waals surface area (Å²) < 4.78 is 11.6. The Hall–Kier alpha value is -3.26. The third kappa shape index (κ3) is 6.16. The molecule has 5 heteroatoms. The fourth-order valence-electron chi connectivity index (χ4n) is 4.57. The van der Waals surface area contributed by atoms with E-state index in [1.165, 1.54) is 23.1 Å². The van der Waals surface area contributed by atoms with Crippen molar-refractivity contribution in [1.82, 2.24) is 5.32 Å². The summed E-state index contributed by atoms with van der Waals surface area (Å²) >= 11 is 0. The predicted molar refractivity (Wildman–Crippen MR) is 131 cm³/mol. The number of hydrogen-bond acceptors (Lipinski definition) is 4. The van der Waals surface area contributed by atoms with Gasteiger partial charge in [0.25, 0.3) is 5.91 Å². The van der Waals surface area contributed by atoms with Gasteiger partial charge in [-0.1, -0.05) is 43.5 Å². The van der Waals surface area contributed by atoms with Crippen LogP contribution in [0.15, 0.2) is 35.9 Å². The molecule has 2 aromatic rings. The van der Waals surface area contributed by atoms with E-state index < -0.39 is 0 Å². The molecule has 0 spiro atoms. The van der Waals surface area contributed by atoms with Gasteiger partial charge in [0.2, 0.25) is 0 Å². The van der Waals surface area contributed by atoms with E-state index >= 15 is 0 Å². The molecule has 0 saturated heterocycles. The monoisotopic (exact) mass is 446 g/mol. The Bertz CT molecular complexity index is 1060. The predicted octanol–water partition coefficient (Wildman–Crippen LogP) is 5.80. The van der Waals surface area contributed by atoms with Crippen molar-refractivity contribution in [3.05, 3.63) is 63.7 Å². The molecule has 0 aromatic heterocycles. The molecule has 3 rings (SSSR count). The van der Waals surface area contributed by atoms with E-state index in [1.807, 2.05) is 18.2 Å². The maximum atomic E-state index is 12.7. The number of amides is 1. The topological polar surface area (TPSA) is 71.3 Å². The summed E-state index contributed by atoms with van der Waals surface area (Å²) in [7, 11) is 1.58. The maximum Gasteiger partial charge on any atom is 0.262 e. The van der Waals surface area contributed by atoms with Gasteiger partial charge in [0.05, 0.1) is 7.11 Å². The highest BCUT2D eigenvalue weighted by Gasteiger charge is 2.24. The lowest BCUT2D eigenvalue weighted by atomic mass is 9.86. The normalized spacial score (nSPS) is 18.4. The Morgan fingerprint density at radius 1 is 1.12 bits per heavy atom. The highest BCUT2D eigenvalue weighted by Crippen LogP contribution is 2.31. The van der Waals surface area contributed by atoms with Crippen LogP contribution in [-0.4, -0.2) is 19.1 Å². The lowest BCUT2D eigenvalue weighted by Crippen LogP contribution is -2.41. The molecule has 0 heterocycles. The number of nitriles is 1. The van der Waals surface area contributed by atoms with Gasteiger partial charge in [0.1, 0.15) is 18.2 Å². The summed E-state index contributed by atoms with van der Waals surface area (Å²) in [5.74, 6) is 1.29. The summed E-state index contributed by atoms with van der Waals surface area (Å²) in [6, 6.07) is 11.9. The van der Waals surface area contributed by atoms with Crippen molar-refractivity contribution in [3.63, 3.8) is 0 Å². The SMILES string of the molecule is COc1cc(/C=C(\C#N)C(=O)N[C@H]2CCCC[C@@H]2C)ccc1OCc1c(C)cc(C)cc1C. The largest absolute Gasteiger partial charge is 0.493 e. The van der Waals surface area contributed by atoms with E-state index in [4.69, 9.17) is 9.47 Å². The first-order valence-electron chi connectivity index (χ1n) is 11.6. The first-order chi connectivity index (χ1) is 15.8. The summed E-state index contributed by atoms with van der Waals surface area (Å²) in [4.78, 5) is 12.7. The summed E-state index contributed by atoms with van der Waals surface area (Å²) in [6.07, 6.45) is 5.98. The van der Waals surface area contributed by atoms with Crippen LogP contribution in [0.2, 0.25) is 0 Å². The molecule has 1 aliphatic carbocycles. The van der Waals surface area contributed by atoms with Gasteiger partial charge in [-0.05, 0) is 80.0 Å². The number of benzene rings is 2. The lowest BCUT2D eigenvalue weighted by molar-refractivity contribution is -0.118. The number of carbonyl (C=O) groups is 1. The first-order valence-corrected chi connectivity index (χ1v) is 11.6. The van der Waals surface area contributed by atoms with Crippen LogP contribution in [0.1, 0.15) is 60.4 Å². The highest BCUT2D eigenvalue weighted by atomic mass is 16.5. The van der Waals surface area contributed by atoms with Crippen LogP contribution < -0.4 is 14.8 Å². The van der Waals surface area contributed by atoms with Crippen molar-refractivity contribution < 1.29 is 14.3 Å². The molecule has 1 fully saturated rings. The Labute approximate surface area is 197 Å². The number of nitrogens with one attached hydrogen (secondary N) is 1. The second-order valence-corrected chi connectivity index (χ2v) is 9.09. The molecule has 0 radical (unpaired) electrons. The number of rotatable bonds is 7. The van der Waals surface area contributed by atoms with Crippen molar-refractivity contribution in [2.45, 2.75) is 66.0 Å². The van der Waals surface area contributed by atoms with Crippen molar-refractivity contribution >= 4 is 12.0 Å². The number of hydrogen-bond donors (Lipinski definition) is 1. The van der Waals surface area contributed by atoms with Gasteiger partial charge < -0.3 is 14.8 Å². The molecule has 1 amide bonds. The second-order valence-electron chi connectivity index (χ2n) is 9.09. The fourth-order valence-corrected chi connectivity index (χ4v) is 4.57. The van der Waals surface area contributed by atoms with Crippen LogP contribution in [0.25, 0.3) is 6.08 Å². The molecule has 0 bridgehead atoms. The number of aryl methyl sites for hydroxylation is 3. The van der Waals surface area contributed by atoms with Crippen molar-refractivity contribution in [2.75, 3.05) is 7.11 Å². The molecule has 1 aliphatic rings. The first kappa shape index (κ1) is 24.4. The van der Waals surface area contributed by atoms with E-state index in [1.54, 1.807) is 19.3 Å². The zero-order valence-electron chi connectivity index (χ0n) is 20.3. The van der Waals surface area contributed by atoms with Gasteiger partial charge in [-0.15, -0.1) is 0 Å². The van der Waals surface area contributed by atoms with Crippen molar-refractivity contribution in [2.24, 2.45) is 5.92 Å². The summed E-state index contributed by atoms with van der Waals surface area (Å²) in [5.41, 5.74) is 5.59. The smallest absolute Gasteiger partial charge is 0.262 e. The minimum absolute atomic E-state index is 0.0920. The van der Waals surface area contributed by atoms with Crippen LogP contribution in [0.5, 0.6) is 11.5 Å². The molecule has 174 valence electrons. The zero-order chi connectivity index (χ0) is 24.0. The zero-order valence-corrected chi connectivity index (χ0v) is 20.3. The molecule has 0 aliphatic heterocycles. The number of ether oxygens (including phenoxy) is 2. The number of nitrogens with zero attached hydrogens (tertiary/aromatic N) is 1. The third-order valence-electron chi connectivity index (χ3n) is 6.50. The summed E-state index contributed by atoms with van der Waals surface area (Å²) in [6.45, 7) is 8.86. The molecule has 2 atom stereocenters. The maximum absolute atomic E-state index is 12.7. The van der Waals surface area contributed by atoms with Gasteiger partial charge in [-0.3, -0.25) is 4.79 Å². The minimum atomic E-state index is -0.319. The number of carbonyl (C=O) groups excluding carboxylic acids is 1. The second kappa shape index (κ2) is 11.0. The quantitative estimate of drug-likeness (QED) is 0.431. The van der Waals surface area contributed by atoms with Gasteiger partial charge in [-0.2, -0.15) is 5.26 Å². The lowest BCUT2D eigenvalue weighted by Gasteiger charge is -2.29. The number of methoxy groups -OCH3 is 1. The van der Waals surface area contributed by atoms with Gasteiger partial charge in [0, 0.05) is 6.04 Å². The van der Waals surface area contributed by atoms with Gasteiger partial charge in [-0.25, -0.2) is 0 Å². The van der Waals surface area contributed by atoms with Gasteiger partial charge in [0.15, 0.2) is 11.5 Å². The average molecular weight is 447 g/mol. The standard InChI is InChI=1S/C28H34N2O3/c1-18-12-20(3)24(21(4)13-18)17-33-26-11-10-22(15-27(26)32-5)14-23(16-29)28(31)30-25-9-7-6-8-19(25)2/h10-15,19,25H,6-9,17H2,1-5H3,(H,30,31)/b23-14+/t19-,25-/m0/s1. The highest BCUT2D eigenvalue weighted by molar-refractivity contribution is 6.01. The molecule has 2 aromatic carbocycles. The fraction of sp³-hybridized carbons (Fsp3) is 0.429. The van der Waals surface area contributed by atoms with Crippen LogP contribution in [0.4, 0.5) is 0 Å². The summed E-state index contributed by atoms with van der Waals surface area (Å²) in [5, 5.41) is 12.6. The van der Waals surface area contributed by atoms with Crippen molar-refractivity contribution in [3.8, 4) is 17.6 Å². The van der Waals surface area contributed by atoms with E-state index in [9.17, 15) is 10.1 Å². The third-order valence-corrected chi connectivity index (χ3v) is 6.50. The Morgan fingerprint density at radius 3 is 2.45 bits per heavy atom. The molecule has 5 nitrogen and oxygen atoms in total. The van der Waals surface area contributed by atoms with Crippen LogP contribution >= 0.6 is 0 Å². The van der Waals surface area contributed by atoms with Crippen LogP contribution in [0.3, 0.4) is 0 Å². The minimum Gasteiger partial charge on any atom is -0.493 e. The molecule has 1 saturated carbocycles. The molecule has 33 heavy (non-hydrogen) atoms. The van der Waals surface area contributed by atoms with E-state index in [2.05, 4.69) is 45.1 Å². The molecular formula is C28H34N2O3. The Kier molecular flexibility index (Phi) is 8.16. The van der Waals surface area contributed by atoms with E-state index in [-0.39, 0.29) is 17.5 Å². The van der Waals surface area contributed by atoms with E-state index in [0.29, 0.717) is 29.6 Å². The Balaban J connectivity index is 1.74. The van der Waals surface area contributed by atoms with Crippen LogP contribution in [0, 0.1) is 38.0 Å². The van der Waals surface area contributed by atoms with Crippen molar-refractivity contribution in [1.29, 1.82) is 5.26 Å². The van der Waals surface area contributed by atoms with Gasteiger partial charge >= 0.3 is 0 Å².